The maximum atomic E-state index is 12.4. The zero-order valence-corrected chi connectivity index (χ0v) is 16.6. The first-order valence-corrected chi connectivity index (χ1v) is 9.02. The number of halogens is 2. The smallest absolute Gasteiger partial charge is 0.332 e. The molecule has 28 heavy (non-hydrogen) atoms. The number of aromatic nitrogens is 4. The summed E-state index contributed by atoms with van der Waals surface area (Å²) in [6, 6.07) is 6.86. The van der Waals surface area contributed by atoms with Crippen molar-refractivity contribution in [2.45, 2.75) is 6.54 Å². The fraction of sp³-hybridized carbons (Fsp3) is 0.294. The Morgan fingerprint density at radius 3 is 2.50 bits per heavy atom. The van der Waals surface area contributed by atoms with Crippen LogP contribution in [0.15, 0.2) is 33.9 Å². The van der Waals surface area contributed by atoms with Gasteiger partial charge in [0, 0.05) is 19.1 Å². The van der Waals surface area contributed by atoms with Crippen LogP contribution in [-0.4, -0.2) is 37.7 Å². The van der Waals surface area contributed by atoms with Crippen LogP contribution in [0.5, 0.6) is 5.75 Å². The van der Waals surface area contributed by atoms with E-state index >= 15 is 0 Å². The molecule has 0 atom stereocenters. The standard InChI is InChI=1S/C17H17Cl2N5O4/c1-22-14-13(15(26)23(2)17(22)27)24(16(19)21-14)9-12(25)20-7-8-28-11-5-3-10(18)4-6-11/h3-6H,7-9H2,1-2H3,(H,20,25). The molecule has 0 fully saturated rings. The molecule has 0 saturated carbocycles. The number of aryl methyl sites for hydroxylation is 1. The minimum Gasteiger partial charge on any atom is -0.492 e. The van der Waals surface area contributed by atoms with Gasteiger partial charge < -0.3 is 10.1 Å². The lowest BCUT2D eigenvalue weighted by molar-refractivity contribution is -0.121. The van der Waals surface area contributed by atoms with Crippen molar-refractivity contribution < 1.29 is 9.53 Å². The molecule has 0 saturated heterocycles. The monoisotopic (exact) mass is 425 g/mol. The predicted molar refractivity (Wildman–Crippen MR) is 105 cm³/mol. The van der Waals surface area contributed by atoms with Gasteiger partial charge in [0.15, 0.2) is 11.2 Å². The number of imidazole rings is 1. The first-order chi connectivity index (χ1) is 13.3. The average molecular weight is 426 g/mol. The lowest BCUT2D eigenvalue weighted by Crippen LogP contribution is -2.38. The third-order valence-corrected chi connectivity index (χ3v) is 4.65. The largest absolute Gasteiger partial charge is 0.492 e. The minimum atomic E-state index is -0.573. The zero-order valence-electron chi connectivity index (χ0n) is 15.1. The van der Waals surface area contributed by atoms with Crippen molar-refractivity contribution >= 4 is 40.3 Å². The molecule has 2 aromatic heterocycles. The molecule has 1 aromatic carbocycles. The highest BCUT2D eigenvalue weighted by atomic mass is 35.5. The molecule has 3 rings (SSSR count). The summed E-state index contributed by atoms with van der Waals surface area (Å²) in [5.41, 5.74) is -0.891. The highest BCUT2D eigenvalue weighted by Gasteiger charge is 2.19. The van der Waals surface area contributed by atoms with Gasteiger partial charge in [-0.25, -0.2) is 4.79 Å². The molecular formula is C17H17Cl2N5O4. The summed E-state index contributed by atoms with van der Waals surface area (Å²) in [5.74, 6) is 0.253. The Morgan fingerprint density at radius 2 is 1.82 bits per heavy atom. The quantitative estimate of drug-likeness (QED) is 0.467. The van der Waals surface area contributed by atoms with Gasteiger partial charge in [-0.3, -0.25) is 23.3 Å². The van der Waals surface area contributed by atoms with Gasteiger partial charge in [-0.15, -0.1) is 0 Å². The van der Waals surface area contributed by atoms with E-state index in [0.29, 0.717) is 10.8 Å². The van der Waals surface area contributed by atoms with Crippen molar-refractivity contribution in [3.05, 3.63) is 55.4 Å². The van der Waals surface area contributed by atoms with Crippen LogP contribution in [0.3, 0.4) is 0 Å². The Hall–Kier alpha value is -2.78. The van der Waals surface area contributed by atoms with Gasteiger partial charge in [0.05, 0.1) is 6.54 Å². The fourth-order valence-corrected chi connectivity index (χ4v) is 3.00. The summed E-state index contributed by atoms with van der Waals surface area (Å²) in [7, 11) is 2.83. The molecule has 11 heteroatoms. The van der Waals surface area contributed by atoms with E-state index in [-0.39, 0.29) is 42.1 Å². The molecular weight excluding hydrogens is 409 g/mol. The van der Waals surface area contributed by atoms with Gasteiger partial charge in [-0.2, -0.15) is 4.98 Å². The van der Waals surface area contributed by atoms with Crippen molar-refractivity contribution in [3.8, 4) is 5.75 Å². The summed E-state index contributed by atoms with van der Waals surface area (Å²) in [6.45, 7) is 0.286. The molecule has 0 aliphatic heterocycles. The van der Waals surface area contributed by atoms with Crippen LogP contribution in [0.2, 0.25) is 10.3 Å². The maximum absolute atomic E-state index is 12.4. The second kappa shape index (κ2) is 8.07. The van der Waals surface area contributed by atoms with Crippen molar-refractivity contribution in [1.82, 2.24) is 24.0 Å². The summed E-state index contributed by atoms with van der Waals surface area (Å²) in [5, 5.41) is 3.23. The van der Waals surface area contributed by atoms with Crippen molar-refractivity contribution in [1.29, 1.82) is 0 Å². The Bertz CT molecular complexity index is 1150. The molecule has 0 bridgehead atoms. The molecule has 2 heterocycles. The molecule has 148 valence electrons. The highest BCUT2D eigenvalue weighted by Crippen LogP contribution is 2.16. The molecule has 0 spiro atoms. The number of fused-ring (bicyclic) bond motifs is 1. The second-order valence-corrected chi connectivity index (χ2v) is 6.77. The van der Waals surface area contributed by atoms with Crippen molar-refractivity contribution in [3.63, 3.8) is 0 Å². The minimum absolute atomic E-state index is 0.0548. The number of carbonyl (C=O) groups is 1. The van der Waals surface area contributed by atoms with Crippen molar-refractivity contribution in [2.75, 3.05) is 13.2 Å². The third-order valence-electron chi connectivity index (χ3n) is 4.11. The summed E-state index contributed by atoms with van der Waals surface area (Å²) >= 11 is 11.9. The van der Waals surface area contributed by atoms with Gasteiger partial charge in [-0.05, 0) is 35.9 Å². The molecule has 0 radical (unpaired) electrons. The summed E-state index contributed by atoms with van der Waals surface area (Å²) in [6.07, 6.45) is 0. The molecule has 0 unspecified atom stereocenters. The van der Waals surface area contributed by atoms with Crippen molar-refractivity contribution in [2.24, 2.45) is 14.1 Å². The van der Waals surface area contributed by atoms with E-state index in [9.17, 15) is 14.4 Å². The van der Waals surface area contributed by atoms with E-state index in [4.69, 9.17) is 27.9 Å². The van der Waals surface area contributed by atoms with E-state index in [1.54, 1.807) is 24.3 Å². The lowest BCUT2D eigenvalue weighted by Gasteiger charge is -2.09. The molecule has 3 aromatic rings. The van der Waals surface area contributed by atoms with Gasteiger partial charge >= 0.3 is 5.69 Å². The highest BCUT2D eigenvalue weighted by molar-refractivity contribution is 6.30. The Labute approximate surface area is 169 Å². The molecule has 0 aliphatic carbocycles. The second-order valence-electron chi connectivity index (χ2n) is 6.00. The molecule has 1 N–H and O–H groups in total. The number of carbonyl (C=O) groups excluding carboxylic acids is 1. The Kier molecular flexibility index (Phi) is 5.76. The summed E-state index contributed by atoms with van der Waals surface area (Å²) in [4.78, 5) is 40.7. The lowest BCUT2D eigenvalue weighted by atomic mass is 10.3. The molecule has 0 aliphatic rings. The van der Waals surface area contributed by atoms with E-state index in [1.165, 1.54) is 23.2 Å². The van der Waals surface area contributed by atoms with Crippen LogP contribution in [-0.2, 0) is 25.4 Å². The van der Waals surface area contributed by atoms with E-state index in [1.807, 2.05) is 0 Å². The first kappa shape index (κ1) is 20.0. The van der Waals surface area contributed by atoms with Crippen LogP contribution in [0.1, 0.15) is 0 Å². The number of hydrogen-bond acceptors (Lipinski definition) is 5. The fourth-order valence-electron chi connectivity index (χ4n) is 2.65. The number of nitrogens with one attached hydrogen (secondary N) is 1. The van der Waals surface area contributed by atoms with Crippen LogP contribution < -0.4 is 21.3 Å². The number of nitrogens with zero attached hydrogens (tertiary/aromatic N) is 4. The van der Waals surface area contributed by atoms with Gasteiger partial charge in [0.1, 0.15) is 18.9 Å². The molecule has 1 amide bonds. The first-order valence-electron chi connectivity index (χ1n) is 8.26. The third kappa shape index (κ3) is 3.90. The number of ether oxygens (including phenoxy) is 1. The SMILES string of the molecule is Cn1c(=O)c2c(nc(Cl)n2CC(=O)NCCOc2ccc(Cl)cc2)n(C)c1=O. The number of benzene rings is 1. The van der Waals surface area contributed by atoms with Crippen LogP contribution in [0.25, 0.3) is 11.2 Å². The predicted octanol–water partition coefficient (Wildman–Crippen LogP) is 0.936. The molecule has 9 nitrogen and oxygen atoms in total. The van der Waals surface area contributed by atoms with E-state index in [2.05, 4.69) is 10.3 Å². The van der Waals surface area contributed by atoms with E-state index in [0.717, 1.165) is 4.57 Å². The van der Waals surface area contributed by atoms with Crippen LogP contribution in [0, 0.1) is 0 Å². The van der Waals surface area contributed by atoms with Crippen LogP contribution in [0.4, 0.5) is 0 Å². The van der Waals surface area contributed by atoms with E-state index < -0.39 is 11.2 Å². The number of amides is 1. The van der Waals surface area contributed by atoms with Gasteiger partial charge in [-0.1, -0.05) is 11.6 Å². The average Bonchev–Trinajstić information content (AvgIpc) is 2.99. The zero-order chi connectivity index (χ0) is 20.4. The summed E-state index contributed by atoms with van der Waals surface area (Å²) < 4.78 is 8.91. The normalized spacial score (nSPS) is 11.0. The number of hydrogen-bond donors (Lipinski definition) is 1. The maximum Gasteiger partial charge on any atom is 0.332 e. The van der Waals surface area contributed by atoms with Crippen LogP contribution >= 0.6 is 23.2 Å². The topological polar surface area (TPSA) is 100 Å². The number of rotatable bonds is 6. The van der Waals surface area contributed by atoms with Gasteiger partial charge in [0.2, 0.25) is 11.2 Å². The Balaban J connectivity index is 1.68. The van der Waals surface area contributed by atoms with Gasteiger partial charge in [0.25, 0.3) is 5.56 Å². The Morgan fingerprint density at radius 1 is 1.14 bits per heavy atom.